The number of hydrogen-bond acceptors (Lipinski definition) is 6. The van der Waals surface area contributed by atoms with Gasteiger partial charge in [0.25, 0.3) is 0 Å². The third kappa shape index (κ3) is 7.64. The summed E-state index contributed by atoms with van der Waals surface area (Å²) in [6, 6.07) is 5.56. The molecule has 2 amide bonds. The molecular formula is C28H35F3N4O5S. The second kappa shape index (κ2) is 13.3. The minimum atomic E-state index is -4.09. The van der Waals surface area contributed by atoms with Gasteiger partial charge in [-0.1, -0.05) is 19.4 Å². The number of aliphatic hydroxyl groups excluding tert-OH is 1. The van der Waals surface area contributed by atoms with Crippen molar-refractivity contribution in [1.82, 2.24) is 19.8 Å². The summed E-state index contributed by atoms with van der Waals surface area (Å²) in [5.41, 5.74) is 0.180. The molecule has 224 valence electrons. The topological polar surface area (TPSA) is 119 Å². The molecule has 0 aromatic heterocycles. The lowest BCUT2D eigenvalue weighted by Crippen LogP contribution is -2.62. The number of carbonyl (C=O) groups excluding carboxylic acids is 2. The van der Waals surface area contributed by atoms with E-state index in [9.17, 15) is 36.3 Å². The number of amides is 2. The zero-order valence-corrected chi connectivity index (χ0v) is 23.5. The molecule has 9 nitrogen and oxygen atoms in total. The molecule has 2 unspecified atom stereocenters. The zero-order chi connectivity index (χ0) is 29.7. The fourth-order valence-corrected chi connectivity index (χ4v) is 6.81. The van der Waals surface area contributed by atoms with Gasteiger partial charge in [-0.15, -0.1) is 0 Å². The molecule has 0 saturated carbocycles. The smallest absolute Gasteiger partial charge is 0.243 e. The second-order valence-corrected chi connectivity index (χ2v) is 12.5. The molecule has 3 N–H and O–H groups in total. The number of rotatable bonds is 11. The van der Waals surface area contributed by atoms with Crippen molar-refractivity contribution >= 4 is 21.8 Å². The Bertz CT molecular complexity index is 1340. The van der Waals surface area contributed by atoms with Gasteiger partial charge in [0.2, 0.25) is 21.8 Å². The van der Waals surface area contributed by atoms with Crippen molar-refractivity contribution < 1.29 is 36.3 Å². The number of hydrogen-bond donors (Lipinski definition) is 3. The molecule has 2 fully saturated rings. The number of halogens is 3. The molecule has 13 heteroatoms. The average molecular weight is 597 g/mol. The highest BCUT2D eigenvalue weighted by atomic mass is 32.2. The molecule has 0 aliphatic carbocycles. The number of aliphatic hydroxyl groups is 1. The quantitative estimate of drug-likeness (QED) is 0.364. The number of carbonyl (C=O) groups is 2. The zero-order valence-electron chi connectivity index (χ0n) is 22.7. The third-order valence-electron chi connectivity index (χ3n) is 7.50. The summed E-state index contributed by atoms with van der Waals surface area (Å²) in [6.07, 6.45) is 0.156. The molecular weight excluding hydrogens is 561 g/mol. The summed E-state index contributed by atoms with van der Waals surface area (Å²) in [5.74, 6) is -3.65. The number of likely N-dealkylation sites (tertiary alicyclic amines) is 1. The first-order chi connectivity index (χ1) is 19.5. The van der Waals surface area contributed by atoms with Gasteiger partial charge in [0.05, 0.1) is 23.0 Å². The van der Waals surface area contributed by atoms with Gasteiger partial charge in [0, 0.05) is 51.3 Å². The summed E-state index contributed by atoms with van der Waals surface area (Å²) < 4.78 is 69.2. The van der Waals surface area contributed by atoms with E-state index in [1.165, 1.54) is 12.1 Å². The van der Waals surface area contributed by atoms with Crippen molar-refractivity contribution in [3.05, 3.63) is 65.5 Å². The maximum Gasteiger partial charge on any atom is 0.243 e. The number of nitrogens with one attached hydrogen (secondary N) is 2. The summed E-state index contributed by atoms with van der Waals surface area (Å²) >= 11 is 0. The molecule has 2 aromatic rings. The van der Waals surface area contributed by atoms with Crippen molar-refractivity contribution in [2.75, 3.05) is 32.7 Å². The highest BCUT2D eigenvalue weighted by Gasteiger charge is 2.39. The van der Waals surface area contributed by atoms with Gasteiger partial charge in [-0.3, -0.25) is 9.59 Å². The SMILES string of the molecule is CCCCN1CC(C(=O)NC(Cc2cc(F)cc(F)c2)[C@H](O)[C@H]2CN(S(=O)(=O)c3cccc(F)c3)CCN2)CC1=O. The fourth-order valence-electron chi connectivity index (χ4n) is 5.31. The Morgan fingerprint density at radius 3 is 2.54 bits per heavy atom. The van der Waals surface area contributed by atoms with Crippen LogP contribution in [0.3, 0.4) is 0 Å². The highest BCUT2D eigenvalue weighted by molar-refractivity contribution is 7.89. The molecule has 41 heavy (non-hydrogen) atoms. The highest BCUT2D eigenvalue weighted by Crippen LogP contribution is 2.23. The lowest BCUT2D eigenvalue weighted by atomic mass is 9.94. The number of unbranched alkanes of at least 4 members (excludes halogenated alkanes) is 1. The molecule has 2 aliphatic heterocycles. The van der Waals surface area contributed by atoms with Crippen LogP contribution in [-0.4, -0.2) is 85.5 Å². The number of nitrogens with zero attached hydrogens (tertiary/aromatic N) is 2. The van der Waals surface area contributed by atoms with Gasteiger partial charge in [-0.25, -0.2) is 21.6 Å². The predicted octanol–water partition coefficient (Wildman–Crippen LogP) is 1.80. The van der Waals surface area contributed by atoms with Gasteiger partial charge in [0.1, 0.15) is 17.5 Å². The Hall–Kier alpha value is -3.00. The molecule has 0 spiro atoms. The van der Waals surface area contributed by atoms with Crippen molar-refractivity contribution in [3.8, 4) is 0 Å². The molecule has 4 rings (SSSR count). The first-order valence-corrected chi connectivity index (χ1v) is 15.1. The van der Waals surface area contributed by atoms with Crippen molar-refractivity contribution in [3.63, 3.8) is 0 Å². The van der Waals surface area contributed by atoms with Crippen LogP contribution in [0.4, 0.5) is 13.2 Å². The van der Waals surface area contributed by atoms with Crippen molar-refractivity contribution in [2.45, 2.75) is 55.7 Å². The summed E-state index contributed by atoms with van der Waals surface area (Å²) in [7, 11) is -4.09. The molecule has 2 aromatic carbocycles. The van der Waals surface area contributed by atoms with Gasteiger partial charge >= 0.3 is 0 Å². The second-order valence-electron chi connectivity index (χ2n) is 10.6. The van der Waals surface area contributed by atoms with Crippen molar-refractivity contribution in [2.24, 2.45) is 5.92 Å². The van der Waals surface area contributed by atoms with Gasteiger partial charge in [0.15, 0.2) is 0 Å². The van der Waals surface area contributed by atoms with Gasteiger partial charge < -0.3 is 20.6 Å². The van der Waals surface area contributed by atoms with Crippen LogP contribution in [0.1, 0.15) is 31.7 Å². The van der Waals surface area contributed by atoms with Crippen LogP contribution in [0, 0.1) is 23.4 Å². The summed E-state index contributed by atoms with van der Waals surface area (Å²) in [4.78, 5) is 27.1. The van der Waals surface area contributed by atoms with Crippen LogP contribution in [-0.2, 0) is 26.0 Å². The third-order valence-corrected chi connectivity index (χ3v) is 9.36. The van der Waals surface area contributed by atoms with Crippen molar-refractivity contribution in [1.29, 1.82) is 0 Å². The minimum absolute atomic E-state index is 0.00823. The monoisotopic (exact) mass is 596 g/mol. The Balaban J connectivity index is 1.53. The first-order valence-electron chi connectivity index (χ1n) is 13.7. The van der Waals surface area contributed by atoms with Crippen LogP contribution in [0.2, 0.25) is 0 Å². The number of sulfonamides is 1. The predicted molar refractivity (Wildman–Crippen MR) is 145 cm³/mol. The number of piperazine rings is 1. The van der Waals surface area contributed by atoms with Gasteiger partial charge in [-0.2, -0.15) is 4.31 Å². The standard InChI is InChI=1S/C28H35F3N4O5S/c1-2-3-8-34-16-19(13-26(34)36)28(38)33-24(12-18-10-21(30)14-22(31)11-18)27(37)25-17-35(9-7-32-25)41(39,40)23-6-4-5-20(29)15-23/h4-6,10-11,14-15,19,24-25,27,32,37H,2-3,7-9,12-13,16-17H2,1H3,(H,33,38)/t19?,24?,25-,27+/m1/s1. The van der Waals surface area contributed by atoms with E-state index < -0.39 is 57.5 Å². The normalized spacial score (nSPS) is 21.6. The minimum Gasteiger partial charge on any atom is -0.389 e. The van der Waals surface area contributed by atoms with E-state index in [1.807, 2.05) is 6.92 Å². The van der Waals surface area contributed by atoms with E-state index in [0.717, 1.165) is 41.4 Å². The van der Waals surface area contributed by atoms with E-state index >= 15 is 0 Å². The largest absolute Gasteiger partial charge is 0.389 e. The average Bonchev–Trinajstić information content (AvgIpc) is 3.31. The molecule has 2 aliphatic rings. The Labute approximate surface area is 237 Å². The van der Waals surface area contributed by atoms with E-state index in [1.54, 1.807) is 4.90 Å². The molecule has 2 saturated heterocycles. The fraction of sp³-hybridized carbons (Fsp3) is 0.500. The van der Waals surface area contributed by atoms with Crippen LogP contribution >= 0.6 is 0 Å². The van der Waals surface area contributed by atoms with E-state index in [-0.39, 0.29) is 55.4 Å². The van der Waals surface area contributed by atoms with Crippen LogP contribution < -0.4 is 10.6 Å². The number of benzene rings is 2. The first kappa shape index (κ1) is 30.9. The van der Waals surface area contributed by atoms with Crippen LogP contribution in [0.15, 0.2) is 47.4 Å². The van der Waals surface area contributed by atoms with E-state index in [2.05, 4.69) is 10.6 Å². The van der Waals surface area contributed by atoms with E-state index in [4.69, 9.17) is 0 Å². The summed E-state index contributed by atoms with van der Waals surface area (Å²) in [5, 5.41) is 17.2. The lowest BCUT2D eigenvalue weighted by Gasteiger charge is -2.38. The van der Waals surface area contributed by atoms with Gasteiger partial charge in [-0.05, 0) is 48.7 Å². The maximum atomic E-state index is 14.0. The maximum absolute atomic E-state index is 14.0. The Morgan fingerprint density at radius 1 is 1.12 bits per heavy atom. The van der Waals surface area contributed by atoms with Crippen LogP contribution in [0.25, 0.3) is 0 Å². The lowest BCUT2D eigenvalue weighted by molar-refractivity contribution is -0.129. The Morgan fingerprint density at radius 2 is 1.85 bits per heavy atom. The summed E-state index contributed by atoms with van der Waals surface area (Å²) in [6.45, 7) is 2.78. The molecule has 4 atom stereocenters. The van der Waals surface area contributed by atoms with E-state index in [0.29, 0.717) is 12.6 Å². The Kier molecular flexibility index (Phi) is 10.1. The van der Waals surface area contributed by atoms with Crippen LogP contribution in [0.5, 0.6) is 0 Å². The molecule has 2 heterocycles. The molecule has 0 radical (unpaired) electrons. The molecule has 0 bridgehead atoms.